The van der Waals surface area contributed by atoms with Gasteiger partial charge in [-0.05, 0) is 30.2 Å². The highest BCUT2D eigenvalue weighted by molar-refractivity contribution is 5.95. The molecule has 7 nitrogen and oxygen atoms in total. The maximum atomic E-state index is 12.3. The van der Waals surface area contributed by atoms with Crippen LogP contribution in [0.5, 0.6) is 0 Å². The molecule has 3 rings (SSSR count). The molecule has 0 spiro atoms. The Kier molecular flexibility index (Phi) is 6.23. The highest BCUT2D eigenvalue weighted by Gasteiger charge is 2.46. The second-order valence-electron chi connectivity index (χ2n) is 6.77. The Labute approximate surface area is 162 Å². The second-order valence-corrected chi connectivity index (χ2v) is 6.77. The van der Waals surface area contributed by atoms with Crippen LogP contribution in [0, 0.1) is 6.92 Å². The Hall–Kier alpha value is -2.55. The summed E-state index contributed by atoms with van der Waals surface area (Å²) < 4.78 is 4.91. The zero-order valence-electron chi connectivity index (χ0n) is 15.3. The van der Waals surface area contributed by atoms with Crippen molar-refractivity contribution in [1.82, 2.24) is 0 Å². The molecule has 7 heteroatoms. The lowest BCUT2D eigenvalue weighted by molar-refractivity contribution is -0.274. The second kappa shape index (κ2) is 8.64. The van der Waals surface area contributed by atoms with Gasteiger partial charge in [0.05, 0.1) is 0 Å². The molecule has 0 aliphatic carbocycles. The van der Waals surface area contributed by atoms with Crippen LogP contribution in [-0.2, 0) is 9.53 Å². The Morgan fingerprint density at radius 2 is 1.39 bits per heavy atom. The van der Waals surface area contributed by atoms with Crippen LogP contribution in [0.4, 0.5) is 5.69 Å². The van der Waals surface area contributed by atoms with Crippen LogP contribution < -0.4 is 5.32 Å². The number of aryl methyl sites for hydroxylation is 1. The Morgan fingerprint density at radius 1 is 0.857 bits per heavy atom. The summed E-state index contributed by atoms with van der Waals surface area (Å²) in [6.07, 6.45) is -4.37. The third-order valence-electron chi connectivity index (χ3n) is 4.57. The molecule has 5 unspecified atom stereocenters. The van der Waals surface area contributed by atoms with Gasteiger partial charge in [-0.15, -0.1) is 0 Å². The van der Waals surface area contributed by atoms with Gasteiger partial charge in [-0.2, -0.15) is 0 Å². The molecule has 28 heavy (non-hydrogen) atoms. The summed E-state index contributed by atoms with van der Waals surface area (Å²) in [7, 11) is 0. The number of carbonyl (C=O) groups excluding carboxylic acids is 1. The third kappa shape index (κ3) is 4.64. The highest BCUT2D eigenvalue weighted by Crippen LogP contribution is 2.21. The predicted molar refractivity (Wildman–Crippen MR) is 104 cm³/mol. The summed E-state index contributed by atoms with van der Waals surface area (Å²) in [4.78, 5) is 12.3. The van der Waals surface area contributed by atoms with Crippen LogP contribution in [0.3, 0.4) is 0 Å². The monoisotopic (exact) mass is 385 g/mol. The summed E-state index contributed by atoms with van der Waals surface area (Å²) in [6.45, 7) is 2.03. The van der Waals surface area contributed by atoms with Crippen molar-refractivity contribution in [2.75, 3.05) is 5.32 Å². The van der Waals surface area contributed by atoms with Crippen LogP contribution in [-0.4, -0.2) is 57.0 Å². The minimum atomic E-state index is -1.76. The van der Waals surface area contributed by atoms with Crippen LogP contribution in [0.25, 0.3) is 12.2 Å². The molecule has 5 atom stereocenters. The standard InChI is InChI=1S/C21H23NO6/c1-12-2-4-13(5-3-12)6-7-14-8-10-15(11-9-14)22-20(26)19-17(24)16(23)18(25)21(27)28-19/h2-11,16-19,21,23-25,27H,1H3,(H,22,26)/b7-6+. The topological polar surface area (TPSA) is 119 Å². The average molecular weight is 385 g/mol. The molecule has 1 aliphatic rings. The molecule has 0 aromatic heterocycles. The number of hydrogen-bond acceptors (Lipinski definition) is 6. The largest absolute Gasteiger partial charge is 0.387 e. The van der Waals surface area contributed by atoms with Gasteiger partial charge in [0.25, 0.3) is 5.91 Å². The van der Waals surface area contributed by atoms with E-state index >= 15 is 0 Å². The van der Waals surface area contributed by atoms with Crippen LogP contribution in [0.2, 0.25) is 0 Å². The molecule has 2 aromatic rings. The molecule has 5 N–H and O–H groups in total. The van der Waals surface area contributed by atoms with E-state index in [1.54, 1.807) is 12.1 Å². The summed E-state index contributed by atoms with van der Waals surface area (Å²) in [6, 6.07) is 15.1. The van der Waals surface area contributed by atoms with Gasteiger partial charge in [0.15, 0.2) is 12.4 Å². The summed E-state index contributed by atoms with van der Waals surface area (Å²) in [5, 5.41) is 41.1. The number of aliphatic hydroxyl groups is 4. The first-order valence-corrected chi connectivity index (χ1v) is 8.88. The first kappa shape index (κ1) is 20.2. The van der Waals surface area contributed by atoms with Crippen molar-refractivity contribution in [3.63, 3.8) is 0 Å². The van der Waals surface area contributed by atoms with Gasteiger partial charge in [0.2, 0.25) is 0 Å². The fourth-order valence-corrected chi connectivity index (χ4v) is 2.84. The third-order valence-corrected chi connectivity index (χ3v) is 4.57. The van der Waals surface area contributed by atoms with Crippen molar-refractivity contribution >= 4 is 23.7 Å². The first-order valence-electron chi connectivity index (χ1n) is 8.88. The molecule has 0 saturated carbocycles. The molecule has 148 valence electrons. The summed E-state index contributed by atoms with van der Waals surface area (Å²) in [5.41, 5.74) is 3.66. The van der Waals surface area contributed by atoms with Crippen LogP contribution >= 0.6 is 0 Å². The number of anilines is 1. The maximum absolute atomic E-state index is 12.3. The molecule has 1 fully saturated rings. The van der Waals surface area contributed by atoms with Crippen molar-refractivity contribution in [3.8, 4) is 0 Å². The first-order chi connectivity index (χ1) is 13.3. The van der Waals surface area contributed by atoms with Gasteiger partial charge in [-0.3, -0.25) is 4.79 Å². The Balaban J connectivity index is 1.62. The van der Waals surface area contributed by atoms with E-state index in [-0.39, 0.29) is 0 Å². The van der Waals surface area contributed by atoms with Gasteiger partial charge in [-0.25, -0.2) is 0 Å². The van der Waals surface area contributed by atoms with E-state index < -0.39 is 36.6 Å². The van der Waals surface area contributed by atoms with Gasteiger partial charge >= 0.3 is 0 Å². The number of benzene rings is 2. The molecular formula is C21H23NO6. The lowest BCUT2D eigenvalue weighted by Crippen LogP contribution is -2.60. The van der Waals surface area contributed by atoms with Crippen molar-refractivity contribution < 1.29 is 30.0 Å². The number of carbonyl (C=O) groups is 1. The molecule has 1 aliphatic heterocycles. The lowest BCUT2D eigenvalue weighted by Gasteiger charge is -2.37. The van der Waals surface area contributed by atoms with E-state index in [4.69, 9.17) is 4.74 Å². The normalized spacial score (nSPS) is 27.7. The maximum Gasteiger partial charge on any atom is 0.256 e. The number of amides is 1. The molecule has 1 heterocycles. The van der Waals surface area contributed by atoms with Gasteiger partial charge in [0, 0.05) is 5.69 Å². The lowest BCUT2D eigenvalue weighted by atomic mass is 9.98. The number of hydrogen-bond donors (Lipinski definition) is 5. The minimum absolute atomic E-state index is 0.461. The number of nitrogens with one attached hydrogen (secondary N) is 1. The summed E-state index contributed by atoms with van der Waals surface area (Å²) in [5.74, 6) is -0.736. The zero-order valence-corrected chi connectivity index (χ0v) is 15.3. The zero-order chi connectivity index (χ0) is 20.3. The number of aliphatic hydroxyl groups excluding tert-OH is 4. The predicted octanol–water partition coefficient (Wildman–Crippen LogP) is 0.904. The van der Waals surface area contributed by atoms with E-state index in [9.17, 15) is 25.2 Å². The fraction of sp³-hybridized carbons (Fsp3) is 0.286. The molecule has 0 bridgehead atoms. The van der Waals surface area contributed by atoms with E-state index in [0.29, 0.717) is 5.69 Å². The van der Waals surface area contributed by atoms with Crippen LogP contribution in [0.15, 0.2) is 48.5 Å². The SMILES string of the molecule is Cc1ccc(/C=C/c2ccc(NC(=O)C3OC(O)C(O)C(O)C3O)cc2)cc1. The van der Waals surface area contributed by atoms with Gasteiger partial charge in [0.1, 0.15) is 18.3 Å². The number of rotatable bonds is 4. The van der Waals surface area contributed by atoms with Crippen LogP contribution in [0.1, 0.15) is 16.7 Å². The minimum Gasteiger partial charge on any atom is -0.387 e. The quantitative estimate of drug-likeness (QED) is 0.499. The van der Waals surface area contributed by atoms with Gasteiger partial charge < -0.3 is 30.5 Å². The fourth-order valence-electron chi connectivity index (χ4n) is 2.84. The van der Waals surface area contributed by atoms with E-state index in [0.717, 1.165) is 11.1 Å². The molecular weight excluding hydrogens is 362 g/mol. The Bertz CT molecular complexity index is 833. The average Bonchev–Trinajstić information content (AvgIpc) is 2.69. The van der Waals surface area contributed by atoms with E-state index in [2.05, 4.69) is 5.32 Å². The van der Waals surface area contributed by atoms with Crippen molar-refractivity contribution in [2.24, 2.45) is 0 Å². The molecule has 1 saturated heterocycles. The molecule has 0 radical (unpaired) electrons. The molecule has 2 aromatic carbocycles. The van der Waals surface area contributed by atoms with Crippen molar-refractivity contribution in [3.05, 3.63) is 65.2 Å². The highest BCUT2D eigenvalue weighted by atomic mass is 16.6. The van der Waals surface area contributed by atoms with E-state index in [1.165, 1.54) is 5.56 Å². The van der Waals surface area contributed by atoms with E-state index in [1.807, 2.05) is 55.5 Å². The summed E-state index contributed by atoms with van der Waals surface area (Å²) >= 11 is 0. The Morgan fingerprint density at radius 3 is 1.96 bits per heavy atom. The molecule has 1 amide bonds. The van der Waals surface area contributed by atoms with Crippen molar-refractivity contribution in [2.45, 2.75) is 37.6 Å². The smallest absolute Gasteiger partial charge is 0.256 e. The number of ether oxygens (including phenoxy) is 1. The van der Waals surface area contributed by atoms with Crippen molar-refractivity contribution in [1.29, 1.82) is 0 Å². The van der Waals surface area contributed by atoms with Gasteiger partial charge in [-0.1, -0.05) is 54.1 Å².